The molecular weight excluding hydrogens is 186 g/mol. The van der Waals surface area contributed by atoms with Gasteiger partial charge in [0, 0.05) is 6.04 Å². The zero-order valence-electron chi connectivity index (χ0n) is 10.0. The maximum absolute atomic E-state index is 10.1. The van der Waals surface area contributed by atoms with Crippen molar-refractivity contribution in [3.8, 4) is 0 Å². The lowest BCUT2D eigenvalue weighted by Gasteiger charge is -2.23. The van der Waals surface area contributed by atoms with Gasteiger partial charge < -0.3 is 10.4 Å². The smallest absolute Gasteiger partial charge is 0.0939 e. The van der Waals surface area contributed by atoms with Crippen molar-refractivity contribution in [3.05, 3.63) is 36.5 Å². The van der Waals surface area contributed by atoms with Crippen LogP contribution in [-0.2, 0) is 0 Å². The normalized spacial score (nSPS) is 16.7. The summed E-state index contributed by atoms with van der Waals surface area (Å²) < 4.78 is 0. The molecule has 86 valence electrons. The van der Waals surface area contributed by atoms with Gasteiger partial charge in [0.2, 0.25) is 0 Å². The molecule has 2 atom stereocenters. The molecule has 0 saturated carbocycles. The molecule has 2 heteroatoms. The first-order chi connectivity index (χ1) is 7.21. The Morgan fingerprint density at radius 1 is 1.47 bits per heavy atom. The van der Waals surface area contributed by atoms with E-state index in [2.05, 4.69) is 18.8 Å². The number of allylic oxidation sites excluding steroid dienone is 3. The molecule has 0 aromatic heterocycles. The van der Waals surface area contributed by atoms with Crippen molar-refractivity contribution >= 4 is 0 Å². The van der Waals surface area contributed by atoms with Gasteiger partial charge in [0.25, 0.3) is 0 Å². The van der Waals surface area contributed by atoms with Crippen LogP contribution >= 0.6 is 0 Å². The lowest BCUT2D eigenvalue weighted by molar-refractivity contribution is 0.162. The van der Waals surface area contributed by atoms with E-state index in [4.69, 9.17) is 0 Å². The Bertz CT molecular complexity index is 231. The van der Waals surface area contributed by atoms with Gasteiger partial charge >= 0.3 is 0 Å². The molecule has 0 saturated heterocycles. The molecule has 0 aromatic carbocycles. The molecular formula is C13H23NO. The molecule has 2 unspecified atom stereocenters. The number of likely N-dealkylation sites (N-methyl/N-ethyl adjacent to an activating group) is 1. The standard InChI is InChI=1S/C13H23NO/c1-5-9-10-11(6-2)13(15)12(7-3)14-8-4/h5-6,9-10,12-15H,1,7-8H2,2-4H3/b10-9-,11-6+. The fourth-order valence-electron chi connectivity index (χ4n) is 1.52. The average molecular weight is 209 g/mol. The average Bonchev–Trinajstić information content (AvgIpc) is 2.26. The van der Waals surface area contributed by atoms with Gasteiger partial charge in [-0.3, -0.25) is 0 Å². The van der Waals surface area contributed by atoms with E-state index in [1.807, 2.05) is 32.1 Å². The molecule has 0 aromatic rings. The predicted octanol–water partition coefficient (Wildman–Crippen LogP) is 2.42. The zero-order valence-corrected chi connectivity index (χ0v) is 10.0. The molecule has 2 N–H and O–H groups in total. The van der Waals surface area contributed by atoms with E-state index < -0.39 is 6.10 Å². The van der Waals surface area contributed by atoms with Crippen molar-refractivity contribution in [2.45, 2.75) is 39.3 Å². The van der Waals surface area contributed by atoms with E-state index in [0.717, 1.165) is 18.5 Å². The minimum atomic E-state index is -0.448. The first-order valence-corrected chi connectivity index (χ1v) is 5.57. The third-order valence-electron chi connectivity index (χ3n) is 2.39. The summed E-state index contributed by atoms with van der Waals surface area (Å²) in [5.41, 5.74) is 0.933. The fourth-order valence-corrected chi connectivity index (χ4v) is 1.52. The first-order valence-electron chi connectivity index (χ1n) is 5.57. The van der Waals surface area contributed by atoms with Gasteiger partial charge in [-0.15, -0.1) is 0 Å². The largest absolute Gasteiger partial charge is 0.387 e. The second-order valence-corrected chi connectivity index (χ2v) is 3.40. The highest BCUT2D eigenvalue weighted by molar-refractivity contribution is 5.26. The molecule has 0 bridgehead atoms. The number of nitrogens with one attached hydrogen (secondary N) is 1. The van der Waals surface area contributed by atoms with Crippen LogP contribution in [0.2, 0.25) is 0 Å². The Morgan fingerprint density at radius 3 is 2.53 bits per heavy atom. The van der Waals surface area contributed by atoms with Crippen molar-refractivity contribution in [2.24, 2.45) is 0 Å². The van der Waals surface area contributed by atoms with Crippen LogP contribution in [0.3, 0.4) is 0 Å². The lowest BCUT2D eigenvalue weighted by Crippen LogP contribution is -2.40. The van der Waals surface area contributed by atoms with Crippen molar-refractivity contribution in [3.63, 3.8) is 0 Å². The van der Waals surface area contributed by atoms with E-state index in [0.29, 0.717) is 0 Å². The second kappa shape index (κ2) is 8.45. The highest BCUT2D eigenvalue weighted by atomic mass is 16.3. The van der Waals surface area contributed by atoms with Gasteiger partial charge in [-0.1, -0.05) is 44.7 Å². The second-order valence-electron chi connectivity index (χ2n) is 3.40. The molecule has 0 fully saturated rings. The van der Waals surface area contributed by atoms with E-state index >= 15 is 0 Å². The molecule has 0 heterocycles. The summed E-state index contributed by atoms with van der Waals surface area (Å²) >= 11 is 0. The summed E-state index contributed by atoms with van der Waals surface area (Å²) in [5, 5.41) is 13.4. The van der Waals surface area contributed by atoms with Gasteiger partial charge in [-0.2, -0.15) is 0 Å². The summed E-state index contributed by atoms with van der Waals surface area (Å²) in [6.07, 6.45) is 7.86. The van der Waals surface area contributed by atoms with Crippen LogP contribution in [0.15, 0.2) is 36.5 Å². The molecule has 0 amide bonds. The highest BCUT2D eigenvalue weighted by Gasteiger charge is 2.17. The van der Waals surface area contributed by atoms with E-state index in [1.165, 1.54) is 0 Å². The van der Waals surface area contributed by atoms with Gasteiger partial charge in [0.15, 0.2) is 0 Å². The van der Waals surface area contributed by atoms with Crippen molar-refractivity contribution in [1.29, 1.82) is 0 Å². The Morgan fingerprint density at radius 2 is 2.13 bits per heavy atom. The molecule has 0 radical (unpaired) electrons. The predicted molar refractivity (Wildman–Crippen MR) is 66.9 cm³/mol. The molecule has 15 heavy (non-hydrogen) atoms. The molecule has 0 aliphatic carbocycles. The summed E-state index contributed by atoms with van der Waals surface area (Å²) in [6, 6.07) is 0.121. The van der Waals surface area contributed by atoms with Crippen LogP contribution in [0.1, 0.15) is 27.2 Å². The van der Waals surface area contributed by atoms with Crippen LogP contribution in [0.25, 0.3) is 0 Å². The molecule has 0 rings (SSSR count). The summed E-state index contributed by atoms with van der Waals surface area (Å²) in [4.78, 5) is 0. The number of aliphatic hydroxyl groups excluding tert-OH is 1. The lowest BCUT2D eigenvalue weighted by atomic mass is 9.99. The van der Waals surface area contributed by atoms with Gasteiger partial charge in [-0.25, -0.2) is 0 Å². The molecule has 0 spiro atoms. The van der Waals surface area contributed by atoms with Gasteiger partial charge in [0.1, 0.15) is 0 Å². The van der Waals surface area contributed by atoms with Crippen LogP contribution < -0.4 is 5.32 Å². The van der Waals surface area contributed by atoms with Crippen LogP contribution in [-0.4, -0.2) is 23.8 Å². The van der Waals surface area contributed by atoms with Gasteiger partial charge in [0.05, 0.1) is 6.10 Å². The fraction of sp³-hybridized carbons (Fsp3) is 0.538. The van der Waals surface area contributed by atoms with E-state index in [1.54, 1.807) is 6.08 Å². The number of hydrogen-bond acceptors (Lipinski definition) is 2. The Kier molecular flexibility index (Phi) is 7.96. The minimum Gasteiger partial charge on any atom is -0.387 e. The monoisotopic (exact) mass is 209 g/mol. The maximum Gasteiger partial charge on any atom is 0.0939 e. The summed E-state index contributed by atoms with van der Waals surface area (Å²) in [5.74, 6) is 0. The Balaban J connectivity index is 4.54. The third kappa shape index (κ3) is 4.96. The maximum atomic E-state index is 10.1. The molecule has 0 aliphatic rings. The van der Waals surface area contributed by atoms with Crippen molar-refractivity contribution in [2.75, 3.05) is 6.54 Å². The van der Waals surface area contributed by atoms with Crippen molar-refractivity contribution in [1.82, 2.24) is 5.32 Å². The van der Waals surface area contributed by atoms with Crippen LogP contribution in [0.5, 0.6) is 0 Å². The third-order valence-corrected chi connectivity index (χ3v) is 2.39. The highest BCUT2D eigenvalue weighted by Crippen LogP contribution is 2.11. The summed E-state index contributed by atoms with van der Waals surface area (Å²) in [7, 11) is 0. The SMILES string of the molecule is C=C/C=C\C(=C/C)C(O)C(CC)NCC. The quantitative estimate of drug-likeness (QED) is 0.631. The van der Waals surface area contributed by atoms with Crippen LogP contribution in [0.4, 0.5) is 0 Å². The van der Waals surface area contributed by atoms with Crippen molar-refractivity contribution < 1.29 is 5.11 Å². The topological polar surface area (TPSA) is 32.3 Å². The number of aliphatic hydroxyl groups is 1. The van der Waals surface area contributed by atoms with Gasteiger partial charge in [-0.05, 0) is 25.5 Å². The Labute approximate surface area is 93.4 Å². The Hall–Kier alpha value is -0.860. The molecule has 2 nitrogen and oxygen atoms in total. The van der Waals surface area contributed by atoms with Crippen LogP contribution in [0, 0.1) is 0 Å². The zero-order chi connectivity index (χ0) is 11.7. The number of hydrogen-bond donors (Lipinski definition) is 2. The number of rotatable bonds is 7. The first kappa shape index (κ1) is 14.1. The van der Waals surface area contributed by atoms with E-state index in [-0.39, 0.29) is 6.04 Å². The minimum absolute atomic E-state index is 0.121. The molecule has 0 aliphatic heterocycles. The summed E-state index contributed by atoms with van der Waals surface area (Å²) in [6.45, 7) is 10.5. The van der Waals surface area contributed by atoms with E-state index in [9.17, 15) is 5.11 Å².